The van der Waals surface area contributed by atoms with Gasteiger partial charge in [0, 0.05) is 38.6 Å². The summed E-state index contributed by atoms with van der Waals surface area (Å²) in [5, 5.41) is 4.23. The summed E-state index contributed by atoms with van der Waals surface area (Å²) in [6.45, 7) is 4.60. The van der Waals surface area contributed by atoms with E-state index in [9.17, 15) is 0 Å². The van der Waals surface area contributed by atoms with E-state index in [1.807, 2.05) is 23.1 Å². The molecule has 0 atom stereocenters. The minimum Gasteiger partial charge on any atom is -0.329 e. The fourth-order valence-electron chi connectivity index (χ4n) is 2.13. The Morgan fingerprint density at radius 2 is 1.76 bits per heavy atom. The molecule has 21 heavy (non-hydrogen) atoms. The molecule has 0 aliphatic heterocycles. The Balaban J connectivity index is 0.00000200. The van der Waals surface area contributed by atoms with Gasteiger partial charge in [-0.05, 0) is 18.1 Å². The fourth-order valence-corrected chi connectivity index (χ4v) is 2.13. The summed E-state index contributed by atoms with van der Waals surface area (Å²) in [7, 11) is 0. The molecule has 118 valence electrons. The van der Waals surface area contributed by atoms with E-state index in [0.717, 1.165) is 32.6 Å². The third-order valence-corrected chi connectivity index (χ3v) is 3.21. The normalized spacial score (nSPS) is 10.0. The lowest BCUT2D eigenvalue weighted by Crippen LogP contribution is -2.34. The van der Waals surface area contributed by atoms with Crippen molar-refractivity contribution in [3.05, 3.63) is 54.4 Å². The van der Waals surface area contributed by atoms with Crippen LogP contribution in [0.4, 0.5) is 0 Å². The molecule has 0 aliphatic carbocycles. The smallest absolute Gasteiger partial charge is 0.0536 e. The van der Waals surface area contributed by atoms with Crippen molar-refractivity contribution in [1.82, 2.24) is 14.7 Å². The number of nitrogens with zero attached hydrogens (tertiary/aromatic N) is 3. The zero-order chi connectivity index (χ0) is 13.3. The standard InChI is InChI=1S/C15H22N4.2ClH/c16-8-12-18(13-14-19-10-4-9-17-19)11-7-15-5-2-1-3-6-15;;/h1-6,9-10H,7-8,11-14,16H2;2*1H. The molecule has 0 aliphatic rings. The lowest BCUT2D eigenvalue weighted by Gasteiger charge is -2.21. The third-order valence-electron chi connectivity index (χ3n) is 3.21. The fraction of sp³-hybridized carbons (Fsp3) is 0.400. The zero-order valence-electron chi connectivity index (χ0n) is 12.1. The van der Waals surface area contributed by atoms with Crippen LogP contribution in [0.3, 0.4) is 0 Å². The van der Waals surface area contributed by atoms with E-state index in [2.05, 4.69) is 40.3 Å². The Morgan fingerprint density at radius 3 is 2.38 bits per heavy atom. The van der Waals surface area contributed by atoms with Gasteiger partial charge in [0.15, 0.2) is 0 Å². The van der Waals surface area contributed by atoms with Crippen LogP contribution in [-0.2, 0) is 13.0 Å². The molecule has 0 fully saturated rings. The lowest BCUT2D eigenvalue weighted by atomic mass is 10.1. The maximum absolute atomic E-state index is 5.68. The monoisotopic (exact) mass is 330 g/mol. The molecule has 2 aromatic rings. The highest BCUT2D eigenvalue weighted by molar-refractivity contribution is 5.85. The molecule has 2 N–H and O–H groups in total. The molecule has 0 unspecified atom stereocenters. The lowest BCUT2D eigenvalue weighted by molar-refractivity contribution is 0.268. The van der Waals surface area contributed by atoms with Crippen molar-refractivity contribution in [2.75, 3.05) is 26.2 Å². The van der Waals surface area contributed by atoms with Gasteiger partial charge in [-0.2, -0.15) is 5.10 Å². The van der Waals surface area contributed by atoms with E-state index in [-0.39, 0.29) is 24.8 Å². The van der Waals surface area contributed by atoms with Crippen LogP contribution in [0.15, 0.2) is 48.8 Å². The number of halogens is 2. The van der Waals surface area contributed by atoms with Gasteiger partial charge < -0.3 is 5.73 Å². The van der Waals surface area contributed by atoms with Gasteiger partial charge in [-0.1, -0.05) is 30.3 Å². The number of benzene rings is 1. The molecule has 1 heterocycles. The maximum atomic E-state index is 5.68. The Kier molecular flexibility index (Phi) is 11.0. The molecule has 0 amide bonds. The average Bonchev–Trinajstić information content (AvgIpc) is 2.96. The average molecular weight is 331 g/mol. The van der Waals surface area contributed by atoms with Crippen molar-refractivity contribution >= 4 is 24.8 Å². The molecule has 0 saturated carbocycles. The number of hydrogen-bond acceptors (Lipinski definition) is 3. The second-order valence-electron chi connectivity index (χ2n) is 4.64. The van der Waals surface area contributed by atoms with E-state index in [4.69, 9.17) is 5.73 Å². The van der Waals surface area contributed by atoms with Crippen molar-refractivity contribution in [3.8, 4) is 0 Å². The first-order chi connectivity index (χ1) is 9.38. The molecule has 4 nitrogen and oxygen atoms in total. The minimum absolute atomic E-state index is 0. The van der Waals surface area contributed by atoms with Gasteiger partial charge in [-0.25, -0.2) is 0 Å². The quantitative estimate of drug-likeness (QED) is 0.807. The zero-order valence-corrected chi connectivity index (χ0v) is 13.7. The highest BCUT2D eigenvalue weighted by Gasteiger charge is 2.04. The second kappa shape index (κ2) is 11.6. The van der Waals surface area contributed by atoms with E-state index < -0.39 is 0 Å². The highest BCUT2D eigenvalue weighted by atomic mass is 35.5. The molecule has 1 aromatic carbocycles. The van der Waals surface area contributed by atoms with Crippen LogP contribution >= 0.6 is 24.8 Å². The number of rotatable bonds is 8. The molecule has 0 spiro atoms. The molecule has 0 bridgehead atoms. The van der Waals surface area contributed by atoms with Crippen molar-refractivity contribution in [1.29, 1.82) is 0 Å². The van der Waals surface area contributed by atoms with E-state index >= 15 is 0 Å². The highest BCUT2D eigenvalue weighted by Crippen LogP contribution is 2.01. The number of aromatic nitrogens is 2. The van der Waals surface area contributed by atoms with Gasteiger partial charge in [-0.15, -0.1) is 24.8 Å². The van der Waals surface area contributed by atoms with Crippen LogP contribution in [0.25, 0.3) is 0 Å². The largest absolute Gasteiger partial charge is 0.329 e. The summed E-state index contributed by atoms with van der Waals surface area (Å²) < 4.78 is 1.96. The van der Waals surface area contributed by atoms with Gasteiger partial charge in [-0.3, -0.25) is 9.58 Å². The van der Waals surface area contributed by atoms with Gasteiger partial charge in [0.2, 0.25) is 0 Å². The first-order valence-electron chi connectivity index (χ1n) is 6.82. The summed E-state index contributed by atoms with van der Waals surface area (Å²) in [4.78, 5) is 2.40. The molecule has 0 radical (unpaired) electrons. The van der Waals surface area contributed by atoms with Gasteiger partial charge in [0.05, 0.1) is 6.54 Å². The van der Waals surface area contributed by atoms with Crippen LogP contribution in [0.5, 0.6) is 0 Å². The molecular formula is C15H24Cl2N4. The Hall–Kier alpha value is -1.07. The van der Waals surface area contributed by atoms with Crippen LogP contribution in [0.2, 0.25) is 0 Å². The van der Waals surface area contributed by atoms with Crippen LogP contribution < -0.4 is 5.73 Å². The minimum atomic E-state index is 0. The SMILES string of the molecule is Cl.Cl.NCCN(CCc1ccccc1)CCn1cccn1. The first-order valence-corrected chi connectivity index (χ1v) is 6.82. The van der Waals surface area contributed by atoms with Crippen LogP contribution in [0, 0.1) is 0 Å². The number of nitrogens with two attached hydrogens (primary N) is 1. The summed E-state index contributed by atoms with van der Waals surface area (Å²) in [5.74, 6) is 0. The van der Waals surface area contributed by atoms with E-state index in [0.29, 0.717) is 6.54 Å². The summed E-state index contributed by atoms with van der Waals surface area (Å²) in [6, 6.07) is 12.5. The Labute approximate surface area is 139 Å². The Morgan fingerprint density at radius 1 is 1.00 bits per heavy atom. The molecule has 6 heteroatoms. The summed E-state index contributed by atoms with van der Waals surface area (Å²) in [6.07, 6.45) is 4.88. The maximum Gasteiger partial charge on any atom is 0.0536 e. The van der Waals surface area contributed by atoms with Gasteiger partial charge in [0.25, 0.3) is 0 Å². The second-order valence-corrected chi connectivity index (χ2v) is 4.64. The third kappa shape index (κ3) is 7.48. The van der Waals surface area contributed by atoms with Crippen molar-refractivity contribution in [2.45, 2.75) is 13.0 Å². The Bertz CT molecular complexity index is 448. The van der Waals surface area contributed by atoms with Crippen molar-refractivity contribution < 1.29 is 0 Å². The van der Waals surface area contributed by atoms with Crippen LogP contribution in [0.1, 0.15) is 5.56 Å². The van der Waals surface area contributed by atoms with E-state index in [1.54, 1.807) is 0 Å². The van der Waals surface area contributed by atoms with Gasteiger partial charge in [0.1, 0.15) is 0 Å². The molecule has 0 saturated heterocycles. The van der Waals surface area contributed by atoms with Crippen molar-refractivity contribution in [2.24, 2.45) is 5.73 Å². The molecule has 1 aromatic heterocycles. The molecule has 2 rings (SSSR count). The van der Waals surface area contributed by atoms with E-state index in [1.165, 1.54) is 5.56 Å². The predicted molar refractivity (Wildman–Crippen MR) is 92.4 cm³/mol. The molecular weight excluding hydrogens is 307 g/mol. The number of hydrogen-bond donors (Lipinski definition) is 1. The van der Waals surface area contributed by atoms with Gasteiger partial charge >= 0.3 is 0 Å². The summed E-state index contributed by atoms with van der Waals surface area (Å²) >= 11 is 0. The predicted octanol–water partition coefficient (Wildman–Crippen LogP) is 2.23. The summed E-state index contributed by atoms with van der Waals surface area (Å²) in [5.41, 5.74) is 7.06. The van der Waals surface area contributed by atoms with Crippen LogP contribution in [-0.4, -0.2) is 40.9 Å². The topological polar surface area (TPSA) is 47.1 Å². The first kappa shape index (κ1) is 19.9. The van der Waals surface area contributed by atoms with Crippen molar-refractivity contribution in [3.63, 3.8) is 0 Å².